The molecule has 0 radical (unpaired) electrons. The normalized spacial score (nSPS) is 13.5. The number of halogens is 1. The van der Waals surface area contributed by atoms with Gasteiger partial charge in [-0.15, -0.1) is 0 Å². The van der Waals surface area contributed by atoms with Crippen molar-refractivity contribution >= 4 is 44.7 Å². The monoisotopic (exact) mass is 549 g/mol. The second kappa shape index (κ2) is 12.7. The molecule has 1 aromatic heterocycles. The zero-order valence-corrected chi connectivity index (χ0v) is 22.5. The van der Waals surface area contributed by atoms with Crippen LogP contribution in [0.1, 0.15) is 79.1 Å². The second-order valence-electron chi connectivity index (χ2n) is 9.09. The third kappa shape index (κ3) is 6.33. The van der Waals surface area contributed by atoms with E-state index in [9.17, 15) is 0 Å². The highest BCUT2D eigenvalue weighted by molar-refractivity contribution is 14.1. The van der Waals surface area contributed by atoms with Crippen molar-refractivity contribution in [2.45, 2.75) is 79.1 Å². The van der Waals surface area contributed by atoms with Crippen molar-refractivity contribution in [3.05, 3.63) is 36.4 Å². The largest absolute Gasteiger partial charge is 0.493 e. The number of benzene rings is 2. The van der Waals surface area contributed by atoms with E-state index in [2.05, 4.69) is 89.7 Å². The van der Waals surface area contributed by atoms with Crippen molar-refractivity contribution in [3.63, 3.8) is 0 Å². The van der Waals surface area contributed by atoms with E-state index in [4.69, 9.17) is 9.47 Å². The van der Waals surface area contributed by atoms with Crippen LogP contribution in [0.25, 0.3) is 21.8 Å². The molecule has 2 atom stereocenters. The second-order valence-corrected chi connectivity index (χ2v) is 10.1. The van der Waals surface area contributed by atoms with Crippen LogP contribution in [0.5, 0.6) is 11.5 Å². The van der Waals surface area contributed by atoms with Gasteiger partial charge >= 0.3 is 0 Å². The third-order valence-electron chi connectivity index (χ3n) is 6.71. The Bertz CT molecular complexity index is 903. The van der Waals surface area contributed by atoms with E-state index in [1.165, 1.54) is 73.2 Å². The molecule has 4 heteroatoms. The highest BCUT2D eigenvalue weighted by Crippen LogP contribution is 2.35. The number of fused-ring (bicyclic) bond motifs is 3. The summed E-state index contributed by atoms with van der Waals surface area (Å²) in [6.45, 7) is 10.7. The van der Waals surface area contributed by atoms with E-state index >= 15 is 0 Å². The van der Waals surface area contributed by atoms with Crippen LogP contribution in [0, 0.1) is 11.8 Å². The Labute approximate surface area is 208 Å². The smallest absolute Gasteiger partial charge is 0.120 e. The first-order valence-corrected chi connectivity index (χ1v) is 13.6. The zero-order valence-electron chi connectivity index (χ0n) is 20.3. The van der Waals surface area contributed by atoms with Crippen LogP contribution in [0.15, 0.2) is 36.4 Å². The van der Waals surface area contributed by atoms with Gasteiger partial charge in [-0.1, -0.05) is 66.2 Å². The highest BCUT2D eigenvalue weighted by Gasteiger charge is 2.14. The fourth-order valence-electron chi connectivity index (χ4n) is 4.34. The fourth-order valence-corrected chi connectivity index (χ4v) is 5.18. The van der Waals surface area contributed by atoms with Gasteiger partial charge in [0.05, 0.1) is 47.1 Å². The minimum absolute atomic E-state index is 0.635. The predicted molar refractivity (Wildman–Crippen MR) is 146 cm³/mol. The van der Waals surface area contributed by atoms with Crippen molar-refractivity contribution in [1.29, 1.82) is 0 Å². The molecule has 2 unspecified atom stereocenters. The zero-order chi connectivity index (χ0) is 22.9. The van der Waals surface area contributed by atoms with Gasteiger partial charge in [-0.3, -0.25) is 2.78 Å². The average Bonchev–Trinajstić information content (AvgIpc) is 3.10. The minimum atomic E-state index is 0.635. The number of hydrogen-bond acceptors (Lipinski definition) is 2. The summed E-state index contributed by atoms with van der Waals surface area (Å²) in [7, 11) is 0. The summed E-state index contributed by atoms with van der Waals surface area (Å²) in [6, 6.07) is 13.0. The van der Waals surface area contributed by atoms with Crippen molar-refractivity contribution in [1.82, 2.24) is 2.78 Å². The lowest BCUT2D eigenvalue weighted by Gasteiger charge is -2.16. The van der Waals surface area contributed by atoms with Gasteiger partial charge in [0, 0.05) is 10.8 Å². The molecule has 0 saturated carbocycles. The number of aromatic nitrogens is 1. The Morgan fingerprint density at radius 2 is 1.16 bits per heavy atom. The third-order valence-corrected chi connectivity index (χ3v) is 7.75. The van der Waals surface area contributed by atoms with Gasteiger partial charge in [-0.05, 0) is 61.1 Å². The first kappa shape index (κ1) is 25.2. The molecule has 0 fully saturated rings. The van der Waals surface area contributed by atoms with Gasteiger partial charge in [0.25, 0.3) is 0 Å². The molecule has 0 aliphatic rings. The van der Waals surface area contributed by atoms with E-state index < -0.39 is 0 Å². The minimum Gasteiger partial charge on any atom is -0.493 e. The van der Waals surface area contributed by atoms with E-state index in [1.807, 2.05) is 0 Å². The van der Waals surface area contributed by atoms with Crippen LogP contribution in [-0.4, -0.2) is 16.0 Å². The molecule has 0 N–H and O–H groups in total. The molecule has 3 rings (SSSR count). The van der Waals surface area contributed by atoms with Crippen LogP contribution in [-0.2, 0) is 0 Å². The number of rotatable bonds is 14. The maximum atomic E-state index is 6.24. The van der Waals surface area contributed by atoms with Crippen molar-refractivity contribution in [2.75, 3.05) is 13.2 Å². The van der Waals surface area contributed by atoms with Crippen LogP contribution in [0.3, 0.4) is 0 Å². The predicted octanol–water partition coefficient (Wildman–Crippen LogP) is 9.18. The van der Waals surface area contributed by atoms with E-state index in [1.54, 1.807) is 0 Å². The van der Waals surface area contributed by atoms with E-state index in [0.29, 0.717) is 11.8 Å². The van der Waals surface area contributed by atoms with Gasteiger partial charge in [0.15, 0.2) is 0 Å². The van der Waals surface area contributed by atoms with Crippen LogP contribution in [0.4, 0.5) is 0 Å². The van der Waals surface area contributed by atoms with Gasteiger partial charge in [0.1, 0.15) is 11.5 Å². The quantitative estimate of drug-likeness (QED) is 0.187. The summed E-state index contributed by atoms with van der Waals surface area (Å²) in [6.07, 6.45) is 9.91. The average molecular weight is 550 g/mol. The van der Waals surface area contributed by atoms with Gasteiger partial charge in [-0.2, -0.15) is 0 Å². The number of ether oxygens (including phenoxy) is 2. The Hall–Kier alpha value is -1.43. The molecule has 0 spiro atoms. The topological polar surface area (TPSA) is 23.4 Å². The Morgan fingerprint density at radius 3 is 1.53 bits per heavy atom. The lowest BCUT2D eigenvalue weighted by Crippen LogP contribution is -2.11. The molecule has 0 amide bonds. The first-order valence-electron chi connectivity index (χ1n) is 12.6. The van der Waals surface area contributed by atoms with Crippen molar-refractivity contribution in [2.24, 2.45) is 11.8 Å². The summed E-state index contributed by atoms with van der Waals surface area (Å²) in [4.78, 5) is 0. The molecule has 0 saturated heterocycles. The molecule has 2 aromatic carbocycles. The van der Waals surface area contributed by atoms with E-state index in [0.717, 1.165) is 24.7 Å². The molecule has 0 bridgehead atoms. The van der Waals surface area contributed by atoms with Crippen molar-refractivity contribution in [3.8, 4) is 11.5 Å². The summed E-state index contributed by atoms with van der Waals surface area (Å²) >= 11 is 2.40. The number of unbranched alkanes of at least 4 members (excludes halogenated alkanes) is 2. The van der Waals surface area contributed by atoms with Crippen LogP contribution in [0.2, 0.25) is 0 Å². The molecule has 0 aliphatic heterocycles. The first-order chi connectivity index (χ1) is 15.6. The lowest BCUT2D eigenvalue weighted by molar-refractivity contribution is 0.233. The van der Waals surface area contributed by atoms with Gasteiger partial charge in [-0.25, -0.2) is 0 Å². The van der Waals surface area contributed by atoms with Crippen molar-refractivity contribution < 1.29 is 9.47 Å². The summed E-state index contributed by atoms with van der Waals surface area (Å²) in [5, 5.41) is 2.47. The summed E-state index contributed by atoms with van der Waals surface area (Å²) < 4.78 is 14.7. The van der Waals surface area contributed by atoms with Crippen LogP contribution < -0.4 is 9.47 Å². The van der Waals surface area contributed by atoms with Gasteiger partial charge < -0.3 is 9.47 Å². The molecule has 32 heavy (non-hydrogen) atoms. The molecule has 1 heterocycles. The molecule has 176 valence electrons. The van der Waals surface area contributed by atoms with E-state index in [-0.39, 0.29) is 0 Å². The Balaban J connectivity index is 1.79. The van der Waals surface area contributed by atoms with Gasteiger partial charge in [0.2, 0.25) is 0 Å². The molecular weight excluding hydrogens is 509 g/mol. The highest BCUT2D eigenvalue weighted by atomic mass is 127. The Morgan fingerprint density at radius 1 is 0.719 bits per heavy atom. The number of hydrogen-bond donors (Lipinski definition) is 0. The Kier molecular flexibility index (Phi) is 10.0. The molecular formula is C28H40INO2. The maximum absolute atomic E-state index is 6.24. The summed E-state index contributed by atoms with van der Waals surface area (Å²) in [5.41, 5.74) is 2.44. The molecule has 3 nitrogen and oxygen atoms in total. The fraction of sp³-hybridized carbons (Fsp3) is 0.571. The standard InChI is InChI=1S/C28H40INO2/c1-5-9-11-21(7-3)19-31-23-13-15-27-25(17-23)26-18-24(14-16-28(26)30(27)29)32-20-22(8-4)12-10-6-2/h13-18,21-22H,5-12,19-20H2,1-4H3. The lowest BCUT2D eigenvalue weighted by atomic mass is 10.0. The summed E-state index contributed by atoms with van der Waals surface area (Å²) in [5.74, 6) is 3.20. The maximum Gasteiger partial charge on any atom is 0.120 e. The van der Waals surface area contributed by atoms with Crippen LogP contribution >= 0.6 is 22.9 Å². The molecule has 0 aliphatic carbocycles. The molecule has 3 aromatic rings. The number of nitrogens with zero attached hydrogens (tertiary/aromatic N) is 1. The SMILES string of the molecule is CCCCC(CC)COc1ccc2c(c1)c1cc(OCC(CC)CCCC)ccc1n2I.